The Morgan fingerprint density at radius 3 is 2.44 bits per heavy atom. The van der Waals surface area contributed by atoms with Gasteiger partial charge in [-0.2, -0.15) is 0 Å². The van der Waals surface area contributed by atoms with E-state index >= 15 is 0 Å². The Morgan fingerprint density at radius 2 is 1.94 bits per heavy atom. The van der Waals surface area contributed by atoms with Gasteiger partial charge in [0.25, 0.3) is 0 Å². The molecular weight excluding hydrogens is 232 g/mol. The highest BCUT2D eigenvalue weighted by molar-refractivity contribution is 5.96. The third kappa shape index (κ3) is 3.00. The quantitative estimate of drug-likeness (QED) is 0.854. The average molecular weight is 248 g/mol. The molecule has 0 aromatic heterocycles. The lowest BCUT2D eigenvalue weighted by atomic mass is 10.3. The van der Waals surface area contributed by atoms with Crippen molar-refractivity contribution in [2.75, 3.05) is 11.4 Å². The van der Waals surface area contributed by atoms with Crippen LogP contribution in [-0.4, -0.2) is 29.2 Å². The van der Waals surface area contributed by atoms with Gasteiger partial charge in [0.2, 0.25) is 0 Å². The first-order valence-electron chi connectivity index (χ1n) is 5.87. The maximum atomic E-state index is 12.1. The van der Waals surface area contributed by atoms with E-state index in [1.807, 2.05) is 13.0 Å². The molecule has 1 aliphatic carbocycles. The second-order valence-corrected chi connectivity index (χ2v) is 4.81. The predicted molar refractivity (Wildman–Crippen MR) is 67.6 cm³/mol. The second kappa shape index (κ2) is 4.68. The van der Waals surface area contributed by atoms with E-state index in [0.717, 1.165) is 12.8 Å². The number of aliphatic carboxylic acids is 1. The van der Waals surface area contributed by atoms with E-state index in [4.69, 9.17) is 5.11 Å². The molecule has 1 aromatic carbocycles. The average Bonchev–Trinajstić information content (AvgIpc) is 3.04. The van der Waals surface area contributed by atoms with Crippen LogP contribution in [0.3, 0.4) is 0 Å². The van der Waals surface area contributed by atoms with Crippen LogP contribution in [0.15, 0.2) is 30.3 Å². The zero-order valence-electron chi connectivity index (χ0n) is 10.2. The molecule has 0 radical (unpaired) electrons. The number of carboxylic acids is 1. The first-order chi connectivity index (χ1) is 8.50. The minimum atomic E-state index is -1.03. The zero-order chi connectivity index (χ0) is 13.2. The molecule has 1 aromatic rings. The van der Waals surface area contributed by atoms with Crippen LogP contribution < -0.4 is 10.2 Å². The van der Waals surface area contributed by atoms with Crippen LogP contribution in [0, 0.1) is 0 Å². The molecule has 0 atom stereocenters. The van der Waals surface area contributed by atoms with Gasteiger partial charge in [-0.05, 0) is 31.9 Å². The lowest BCUT2D eigenvalue weighted by Crippen LogP contribution is -2.47. The molecule has 0 bridgehead atoms. The maximum absolute atomic E-state index is 12.1. The van der Waals surface area contributed by atoms with Crippen LogP contribution in [0.25, 0.3) is 0 Å². The molecule has 2 N–H and O–H groups in total. The van der Waals surface area contributed by atoms with Crippen LogP contribution in [-0.2, 0) is 4.79 Å². The summed E-state index contributed by atoms with van der Waals surface area (Å²) in [6.07, 6.45) is 1.88. The van der Waals surface area contributed by atoms with Gasteiger partial charge < -0.3 is 10.4 Å². The number of nitrogens with one attached hydrogen (secondary N) is 1. The van der Waals surface area contributed by atoms with Crippen LogP contribution in [0.5, 0.6) is 0 Å². The fourth-order valence-corrected chi connectivity index (χ4v) is 1.66. The molecule has 0 spiro atoms. The highest BCUT2D eigenvalue weighted by Gasteiger charge is 2.40. The number of urea groups is 1. The van der Waals surface area contributed by atoms with Gasteiger partial charge in [-0.3, -0.25) is 9.69 Å². The van der Waals surface area contributed by atoms with Crippen molar-refractivity contribution < 1.29 is 14.7 Å². The monoisotopic (exact) mass is 248 g/mol. The molecular formula is C13H16N2O3. The third-order valence-electron chi connectivity index (χ3n) is 3.02. The molecule has 1 saturated carbocycles. The largest absolute Gasteiger partial charge is 0.480 e. The summed E-state index contributed by atoms with van der Waals surface area (Å²) in [5, 5.41) is 11.7. The maximum Gasteiger partial charge on any atom is 0.323 e. The van der Waals surface area contributed by atoms with Crippen LogP contribution >= 0.6 is 0 Å². The van der Waals surface area contributed by atoms with Gasteiger partial charge >= 0.3 is 12.0 Å². The number of para-hydroxylation sites is 1. The van der Waals surface area contributed by atoms with E-state index in [9.17, 15) is 9.59 Å². The van der Waals surface area contributed by atoms with Gasteiger partial charge in [0.15, 0.2) is 0 Å². The molecule has 1 aliphatic rings. The first kappa shape index (κ1) is 12.4. The van der Waals surface area contributed by atoms with Crippen molar-refractivity contribution in [2.45, 2.75) is 25.3 Å². The van der Waals surface area contributed by atoms with Crippen molar-refractivity contribution in [3.05, 3.63) is 30.3 Å². The number of hydrogen-bond acceptors (Lipinski definition) is 2. The van der Waals surface area contributed by atoms with Gasteiger partial charge in [-0.1, -0.05) is 18.2 Å². The second-order valence-electron chi connectivity index (χ2n) is 4.81. The Morgan fingerprint density at radius 1 is 1.33 bits per heavy atom. The number of benzene rings is 1. The smallest absolute Gasteiger partial charge is 0.323 e. The number of rotatable bonds is 4. The summed E-state index contributed by atoms with van der Waals surface area (Å²) in [5.74, 6) is -1.03. The molecule has 1 fully saturated rings. The standard InChI is InChI=1S/C13H16N2O3/c1-13(7-8-13)14-12(18)15(9-11(16)17)10-5-3-2-4-6-10/h2-6H,7-9H2,1H3,(H,14,18)(H,16,17). The Balaban J connectivity index is 2.14. The van der Waals surface area contributed by atoms with Crippen LogP contribution in [0.1, 0.15) is 19.8 Å². The summed E-state index contributed by atoms with van der Waals surface area (Å²) >= 11 is 0. The summed E-state index contributed by atoms with van der Waals surface area (Å²) < 4.78 is 0. The van der Waals surface area contributed by atoms with Crippen molar-refractivity contribution in [1.82, 2.24) is 5.32 Å². The minimum Gasteiger partial charge on any atom is -0.480 e. The number of amides is 2. The SMILES string of the molecule is CC1(NC(=O)N(CC(=O)O)c2ccccc2)CC1. The van der Waals surface area contributed by atoms with Crippen LogP contribution in [0.2, 0.25) is 0 Å². The molecule has 96 valence electrons. The van der Waals surface area contributed by atoms with E-state index in [-0.39, 0.29) is 18.1 Å². The summed E-state index contributed by atoms with van der Waals surface area (Å²) in [6.45, 7) is 1.61. The highest BCUT2D eigenvalue weighted by atomic mass is 16.4. The summed E-state index contributed by atoms with van der Waals surface area (Å²) in [4.78, 5) is 24.2. The van der Waals surface area contributed by atoms with E-state index in [2.05, 4.69) is 5.32 Å². The van der Waals surface area contributed by atoms with E-state index in [1.54, 1.807) is 24.3 Å². The van der Waals surface area contributed by atoms with Crippen molar-refractivity contribution in [3.63, 3.8) is 0 Å². The van der Waals surface area contributed by atoms with E-state index < -0.39 is 5.97 Å². The van der Waals surface area contributed by atoms with Gasteiger partial charge in [0.05, 0.1) is 0 Å². The van der Waals surface area contributed by atoms with Crippen LogP contribution in [0.4, 0.5) is 10.5 Å². The topological polar surface area (TPSA) is 69.6 Å². The molecule has 0 saturated heterocycles. The minimum absolute atomic E-state index is 0.164. The van der Waals surface area contributed by atoms with E-state index in [1.165, 1.54) is 4.90 Å². The Bertz CT molecular complexity index is 455. The number of nitrogens with zero attached hydrogens (tertiary/aromatic N) is 1. The first-order valence-corrected chi connectivity index (χ1v) is 5.87. The molecule has 0 heterocycles. The van der Waals surface area contributed by atoms with Gasteiger partial charge in [0, 0.05) is 11.2 Å². The van der Waals surface area contributed by atoms with Gasteiger partial charge in [0.1, 0.15) is 6.54 Å². The number of anilines is 1. The highest BCUT2D eigenvalue weighted by Crippen LogP contribution is 2.34. The summed E-state index contributed by atoms with van der Waals surface area (Å²) in [7, 11) is 0. The number of carboxylic acid groups (broad SMARTS) is 1. The normalized spacial score (nSPS) is 15.8. The number of hydrogen-bond donors (Lipinski definition) is 2. The lowest BCUT2D eigenvalue weighted by molar-refractivity contribution is -0.135. The number of carbonyl (C=O) groups excluding carboxylic acids is 1. The van der Waals surface area contributed by atoms with Gasteiger partial charge in [-0.15, -0.1) is 0 Å². The van der Waals surface area contributed by atoms with Gasteiger partial charge in [-0.25, -0.2) is 4.79 Å². The molecule has 18 heavy (non-hydrogen) atoms. The molecule has 0 unspecified atom stereocenters. The van der Waals surface area contributed by atoms with Crippen molar-refractivity contribution >= 4 is 17.7 Å². The molecule has 0 aliphatic heterocycles. The summed E-state index contributed by atoms with van der Waals surface area (Å²) in [6, 6.07) is 8.45. The molecule has 5 nitrogen and oxygen atoms in total. The van der Waals surface area contributed by atoms with Crippen molar-refractivity contribution in [2.24, 2.45) is 0 Å². The molecule has 5 heteroatoms. The Hall–Kier alpha value is -2.04. The number of carbonyl (C=O) groups is 2. The molecule has 2 rings (SSSR count). The van der Waals surface area contributed by atoms with Crippen molar-refractivity contribution in [3.8, 4) is 0 Å². The Kier molecular flexibility index (Phi) is 3.23. The van der Waals surface area contributed by atoms with E-state index in [0.29, 0.717) is 5.69 Å². The zero-order valence-corrected chi connectivity index (χ0v) is 10.2. The molecule has 2 amide bonds. The predicted octanol–water partition coefficient (Wildman–Crippen LogP) is 1.84. The Labute approximate surface area is 105 Å². The third-order valence-corrected chi connectivity index (χ3v) is 3.02. The fraction of sp³-hybridized carbons (Fsp3) is 0.385. The van der Waals surface area contributed by atoms with Crippen molar-refractivity contribution in [1.29, 1.82) is 0 Å². The lowest BCUT2D eigenvalue weighted by Gasteiger charge is -2.23. The summed E-state index contributed by atoms with van der Waals surface area (Å²) in [5.41, 5.74) is 0.421. The fourth-order valence-electron chi connectivity index (χ4n) is 1.66.